The SMILES string of the molecule is Cc1ccc2c(CC(=O)OCC(=O)Nc3ccccc3C(N)=O)coc2c1. The molecule has 27 heavy (non-hydrogen) atoms. The molecule has 0 aliphatic heterocycles. The first-order valence-corrected chi connectivity index (χ1v) is 8.25. The van der Waals surface area contributed by atoms with Crippen LogP contribution in [-0.2, 0) is 20.7 Å². The Balaban J connectivity index is 1.57. The molecular formula is C20H18N2O5. The molecule has 0 bridgehead atoms. The van der Waals surface area contributed by atoms with Crippen molar-refractivity contribution in [2.24, 2.45) is 5.73 Å². The number of nitrogens with two attached hydrogens (primary N) is 1. The van der Waals surface area contributed by atoms with Crippen LogP contribution in [0.2, 0.25) is 0 Å². The second-order valence-electron chi connectivity index (χ2n) is 6.06. The summed E-state index contributed by atoms with van der Waals surface area (Å²) in [5.41, 5.74) is 8.14. The van der Waals surface area contributed by atoms with Gasteiger partial charge in [0, 0.05) is 10.9 Å². The van der Waals surface area contributed by atoms with Crippen LogP contribution >= 0.6 is 0 Å². The fraction of sp³-hybridized carbons (Fsp3) is 0.150. The molecule has 3 N–H and O–H groups in total. The van der Waals surface area contributed by atoms with E-state index in [4.69, 9.17) is 14.9 Å². The summed E-state index contributed by atoms with van der Waals surface area (Å²) >= 11 is 0. The number of fused-ring (bicyclic) bond motifs is 1. The van der Waals surface area contributed by atoms with Crippen molar-refractivity contribution in [3.05, 3.63) is 65.4 Å². The predicted molar refractivity (Wildman–Crippen MR) is 99.2 cm³/mol. The molecule has 1 heterocycles. The van der Waals surface area contributed by atoms with E-state index in [1.54, 1.807) is 18.2 Å². The lowest BCUT2D eigenvalue weighted by Gasteiger charge is -2.09. The fourth-order valence-electron chi connectivity index (χ4n) is 2.67. The lowest BCUT2D eigenvalue weighted by molar-refractivity contribution is -0.146. The van der Waals surface area contributed by atoms with E-state index >= 15 is 0 Å². The number of amides is 2. The molecular weight excluding hydrogens is 348 g/mol. The molecule has 2 amide bonds. The molecule has 0 radical (unpaired) electrons. The number of anilines is 1. The van der Waals surface area contributed by atoms with Gasteiger partial charge in [0.25, 0.3) is 11.8 Å². The summed E-state index contributed by atoms with van der Waals surface area (Å²) in [5, 5.41) is 3.34. The van der Waals surface area contributed by atoms with Crippen LogP contribution in [0, 0.1) is 6.92 Å². The topological polar surface area (TPSA) is 112 Å². The number of furan rings is 1. The van der Waals surface area contributed by atoms with E-state index in [0.717, 1.165) is 10.9 Å². The van der Waals surface area contributed by atoms with Gasteiger partial charge in [-0.2, -0.15) is 0 Å². The van der Waals surface area contributed by atoms with Gasteiger partial charge in [0.1, 0.15) is 5.58 Å². The number of carbonyl (C=O) groups is 3. The van der Waals surface area contributed by atoms with Crippen molar-refractivity contribution in [1.29, 1.82) is 0 Å². The number of carbonyl (C=O) groups excluding carboxylic acids is 3. The average Bonchev–Trinajstić information content (AvgIpc) is 3.02. The summed E-state index contributed by atoms with van der Waals surface area (Å²) in [4.78, 5) is 35.4. The van der Waals surface area contributed by atoms with Gasteiger partial charge in [-0.05, 0) is 30.7 Å². The molecule has 0 unspecified atom stereocenters. The van der Waals surface area contributed by atoms with Crippen LogP contribution in [0.25, 0.3) is 11.0 Å². The van der Waals surface area contributed by atoms with Gasteiger partial charge in [-0.3, -0.25) is 14.4 Å². The molecule has 0 atom stereocenters. The lowest BCUT2D eigenvalue weighted by Crippen LogP contribution is -2.23. The number of para-hydroxylation sites is 1. The Hall–Kier alpha value is -3.61. The largest absolute Gasteiger partial charge is 0.464 e. The predicted octanol–water partition coefficient (Wildman–Crippen LogP) is 2.56. The zero-order valence-corrected chi connectivity index (χ0v) is 14.7. The van der Waals surface area contributed by atoms with Gasteiger partial charge < -0.3 is 20.2 Å². The number of benzene rings is 2. The molecule has 0 fully saturated rings. The second kappa shape index (κ2) is 7.74. The lowest BCUT2D eigenvalue weighted by atomic mass is 10.1. The van der Waals surface area contributed by atoms with Crippen molar-refractivity contribution in [2.75, 3.05) is 11.9 Å². The molecule has 2 aromatic carbocycles. The zero-order valence-electron chi connectivity index (χ0n) is 14.7. The molecule has 0 aliphatic carbocycles. The molecule has 1 aromatic heterocycles. The van der Waals surface area contributed by atoms with E-state index < -0.39 is 24.4 Å². The highest BCUT2D eigenvalue weighted by atomic mass is 16.5. The van der Waals surface area contributed by atoms with Crippen LogP contribution < -0.4 is 11.1 Å². The molecule has 0 saturated heterocycles. The van der Waals surface area contributed by atoms with Gasteiger partial charge in [0.2, 0.25) is 0 Å². The van der Waals surface area contributed by atoms with Crippen LogP contribution in [-0.4, -0.2) is 24.4 Å². The maximum Gasteiger partial charge on any atom is 0.310 e. The molecule has 0 saturated carbocycles. The molecule has 7 nitrogen and oxygen atoms in total. The minimum Gasteiger partial charge on any atom is -0.464 e. The summed E-state index contributed by atoms with van der Waals surface area (Å²) < 4.78 is 10.5. The Labute approximate surface area is 155 Å². The Morgan fingerprint density at radius 3 is 2.70 bits per heavy atom. The second-order valence-corrected chi connectivity index (χ2v) is 6.06. The van der Waals surface area contributed by atoms with E-state index in [9.17, 15) is 14.4 Å². The van der Waals surface area contributed by atoms with Crippen LogP contribution in [0.4, 0.5) is 5.69 Å². The molecule has 138 valence electrons. The van der Waals surface area contributed by atoms with Gasteiger partial charge in [-0.25, -0.2) is 0 Å². The van der Waals surface area contributed by atoms with E-state index in [2.05, 4.69) is 5.32 Å². The van der Waals surface area contributed by atoms with Crippen LogP contribution in [0.15, 0.2) is 53.1 Å². The number of primary amides is 1. The van der Waals surface area contributed by atoms with Crippen LogP contribution in [0.3, 0.4) is 0 Å². The third-order valence-electron chi connectivity index (χ3n) is 3.98. The summed E-state index contributed by atoms with van der Waals surface area (Å²) in [6.45, 7) is 1.48. The van der Waals surface area contributed by atoms with Crippen LogP contribution in [0.5, 0.6) is 0 Å². The van der Waals surface area contributed by atoms with Crippen LogP contribution in [0.1, 0.15) is 21.5 Å². The van der Waals surface area contributed by atoms with Gasteiger partial charge >= 0.3 is 5.97 Å². The number of aryl methyl sites for hydroxylation is 1. The van der Waals surface area contributed by atoms with Gasteiger partial charge in [-0.1, -0.05) is 24.3 Å². The highest BCUT2D eigenvalue weighted by molar-refractivity contribution is 6.03. The third kappa shape index (κ3) is 4.33. The maximum absolute atomic E-state index is 12.0. The molecule has 7 heteroatoms. The molecule has 3 rings (SSSR count). The summed E-state index contributed by atoms with van der Waals surface area (Å²) in [6, 6.07) is 12.0. The molecule has 0 aliphatic rings. The molecule has 3 aromatic rings. The fourth-order valence-corrected chi connectivity index (χ4v) is 2.67. The first-order chi connectivity index (χ1) is 12.9. The minimum absolute atomic E-state index is 0.0127. The van der Waals surface area contributed by atoms with Crippen molar-refractivity contribution in [1.82, 2.24) is 0 Å². The van der Waals surface area contributed by atoms with Crippen molar-refractivity contribution < 1.29 is 23.5 Å². The highest BCUT2D eigenvalue weighted by Gasteiger charge is 2.15. The Bertz CT molecular complexity index is 1020. The van der Waals surface area contributed by atoms with Gasteiger partial charge in [-0.15, -0.1) is 0 Å². The minimum atomic E-state index is -0.662. The Kier molecular flexibility index (Phi) is 5.21. The number of nitrogens with one attached hydrogen (secondary N) is 1. The number of ether oxygens (including phenoxy) is 1. The summed E-state index contributed by atoms with van der Waals surface area (Å²) in [7, 11) is 0. The van der Waals surface area contributed by atoms with Gasteiger partial charge in [0.15, 0.2) is 6.61 Å². The number of hydrogen-bond donors (Lipinski definition) is 2. The standard InChI is InChI=1S/C20H18N2O5/c1-12-6-7-14-13(10-26-17(14)8-12)9-19(24)27-11-18(23)22-16-5-3-2-4-15(16)20(21)25/h2-8,10H,9,11H2,1H3,(H2,21,25)(H,22,23). The monoisotopic (exact) mass is 366 g/mol. The summed E-state index contributed by atoms with van der Waals surface area (Å²) in [6.07, 6.45) is 1.50. The van der Waals surface area contributed by atoms with E-state index in [1.807, 2.05) is 25.1 Å². The number of esters is 1. The van der Waals surface area contributed by atoms with Crippen molar-refractivity contribution >= 4 is 34.4 Å². The Morgan fingerprint density at radius 2 is 1.93 bits per heavy atom. The first-order valence-electron chi connectivity index (χ1n) is 8.25. The highest BCUT2D eigenvalue weighted by Crippen LogP contribution is 2.23. The maximum atomic E-state index is 12.0. The first kappa shape index (κ1) is 18.2. The van der Waals surface area contributed by atoms with Crippen molar-refractivity contribution in [2.45, 2.75) is 13.3 Å². The Morgan fingerprint density at radius 1 is 1.15 bits per heavy atom. The smallest absolute Gasteiger partial charge is 0.310 e. The van der Waals surface area contributed by atoms with E-state index in [0.29, 0.717) is 11.1 Å². The van der Waals surface area contributed by atoms with E-state index in [1.165, 1.54) is 12.3 Å². The average molecular weight is 366 g/mol. The molecule has 0 spiro atoms. The summed E-state index contributed by atoms with van der Waals surface area (Å²) in [5.74, 6) is -1.79. The van der Waals surface area contributed by atoms with Crippen molar-refractivity contribution in [3.63, 3.8) is 0 Å². The normalized spacial score (nSPS) is 10.6. The number of rotatable bonds is 6. The zero-order chi connectivity index (χ0) is 19.4. The van der Waals surface area contributed by atoms with Crippen molar-refractivity contribution in [3.8, 4) is 0 Å². The third-order valence-corrected chi connectivity index (χ3v) is 3.98. The number of hydrogen-bond acceptors (Lipinski definition) is 5. The quantitative estimate of drug-likeness (QED) is 0.651. The van der Waals surface area contributed by atoms with Gasteiger partial charge in [0.05, 0.1) is 23.9 Å². The van der Waals surface area contributed by atoms with E-state index in [-0.39, 0.29) is 17.7 Å².